The van der Waals surface area contributed by atoms with Gasteiger partial charge in [0.25, 0.3) is 6.43 Å². The van der Waals surface area contributed by atoms with E-state index in [1.807, 2.05) is 0 Å². The van der Waals surface area contributed by atoms with Crippen LogP contribution >= 0.6 is 0 Å². The second-order valence-electron chi connectivity index (χ2n) is 6.28. The molecule has 11 heteroatoms. The van der Waals surface area contributed by atoms with E-state index in [1.165, 1.54) is 28.9 Å². The van der Waals surface area contributed by atoms with E-state index in [0.29, 0.717) is 11.4 Å². The van der Waals surface area contributed by atoms with Gasteiger partial charge in [-0.15, -0.1) is 0 Å². The van der Waals surface area contributed by atoms with Gasteiger partial charge in [0.05, 0.1) is 12.2 Å². The van der Waals surface area contributed by atoms with Crippen molar-refractivity contribution in [3.63, 3.8) is 0 Å². The molecule has 1 aliphatic rings. The largest absolute Gasteiger partial charge is 0.491 e. The molecule has 3 atom stereocenters. The number of alkyl halides is 2. The summed E-state index contributed by atoms with van der Waals surface area (Å²) in [6, 6.07) is 3.55. The molecule has 2 aromatic heterocycles. The number of nitrogens with one attached hydrogen (secondary N) is 2. The average molecular weight is 411 g/mol. The number of ether oxygens (including phenoxy) is 1. The predicted octanol–water partition coefficient (Wildman–Crippen LogP) is 2.68. The zero-order valence-corrected chi connectivity index (χ0v) is 15.4. The van der Waals surface area contributed by atoms with Gasteiger partial charge in [0, 0.05) is 11.8 Å². The Bertz CT molecular complexity index is 1040. The van der Waals surface area contributed by atoms with Crippen molar-refractivity contribution in [3.05, 3.63) is 48.0 Å². The van der Waals surface area contributed by atoms with Crippen molar-refractivity contribution in [1.29, 1.82) is 0 Å². The highest BCUT2D eigenvalue weighted by molar-refractivity contribution is 7.83. The summed E-state index contributed by atoms with van der Waals surface area (Å²) in [4.78, 5) is 4.55. The van der Waals surface area contributed by atoms with Gasteiger partial charge in [-0.25, -0.2) is 31.6 Å². The summed E-state index contributed by atoms with van der Waals surface area (Å²) in [7, 11) is -1.98. The van der Waals surface area contributed by atoms with E-state index in [4.69, 9.17) is 4.74 Å². The maximum Gasteiger partial charge on any atom is 0.257 e. The third-order valence-corrected chi connectivity index (χ3v) is 5.52. The number of anilines is 1. The molecule has 0 amide bonds. The first-order chi connectivity index (χ1) is 13.4. The second-order valence-corrected chi connectivity index (χ2v) is 7.49. The highest BCUT2D eigenvalue weighted by atomic mass is 32.2. The third kappa shape index (κ3) is 3.54. The van der Waals surface area contributed by atoms with Crippen LogP contribution in [0.3, 0.4) is 0 Å². The van der Waals surface area contributed by atoms with Crippen molar-refractivity contribution in [2.75, 3.05) is 11.9 Å². The van der Waals surface area contributed by atoms with Crippen molar-refractivity contribution >= 4 is 22.5 Å². The van der Waals surface area contributed by atoms with Gasteiger partial charge in [0.15, 0.2) is 5.65 Å². The minimum atomic E-state index is -2.83. The van der Waals surface area contributed by atoms with E-state index in [1.54, 1.807) is 19.2 Å². The van der Waals surface area contributed by atoms with Crippen molar-refractivity contribution < 1.29 is 22.1 Å². The van der Waals surface area contributed by atoms with Gasteiger partial charge in [-0.2, -0.15) is 5.10 Å². The van der Waals surface area contributed by atoms with Crippen LogP contribution in [0.25, 0.3) is 5.65 Å². The summed E-state index contributed by atoms with van der Waals surface area (Å²) in [6.45, 7) is 1.32. The number of hydrogen-bond acceptors (Lipinski definition) is 5. The Morgan fingerprint density at radius 3 is 2.96 bits per heavy atom. The topological polar surface area (TPSA) is 80.5 Å². The normalized spacial score (nSPS) is 22.7. The maximum absolute atomic E-state index is 13.8. The van der Waals surface area contributed by atoms with Gasteiger partial charge in [-0.05, 0) is 31.2 Å². The molecule has 3 heterocycles. The van der Waals surface area contributed by atoms with Crippen LogP contribution in [0.1, 0.15) is 18.5 Å². The number of halogens is 3. The van der Waals surface area contributed by atoms with Crippen molar-refractivity contribution in [2.45, 2.75) is 30.3 Å². The molecule has 4 rings (SSSR count). The lowest BCUT2D eigenvalue weighted by molar-refractivity contribution is 0.0825. The van der Waals surface area contributed by atoms with Gasteiger partial charge in [-0.1, -0.05) is 0 Å². The Hall–Kier alpha value is -2.66. The Morgan fingerprint density at radius 2 is 2.18 bits per heavy atom. The van der Waals surface area contributed by atoms with Crippen molar-refractivity contribution in [3.8, 4) is 5.75 Å². The fourth-order valence-electron chi connectivity index (χ4n) is 2.89. The Labute approximate surface area is 160 Å². The van der Waals surface area contributed by atoms with Gasteiger partial charge in [0.1, 0.15) is 45.9 Å². The quantitative estimate of drug-likeness (QED) is 0.644. The number of fused-ring (bicyclic) bond motifs is 2. The van der Waals surface area contributed by atoms with Crippen LogP contribution in [0.15, 0.2) is 41.6 Å². The van der Waals surface area contributed by atoms with E-state index in [2.05, 4.69) is 20.1 Å². The van der Waals surface area contributed by atoms with E-state index in [9.17, 15) is 17.4 Å². The van der Waals surface area contributed by atoms with Gasteiger partial charge >= 0.3 is 0 Å². The lowest BCUT2D eigenvalue weighted by Crippen LogP contribution is -2.41. The van der Waals surface area contributed by atoms with E-state index < -0.39 is 41.9 Å². The average Bonchev–Trinajstić information content (AvgIpc) is 3.08. The minimum absolute atomic E-state index is 0.171. The molecular weight excluding hydrogens is 395 g/mol. The molecule has 0 aliphatic carbocycles. The fraction of sp³-hybridized carbons (Fsp3) is 0.294. The zero-order chi connectivity index (χ0) is 19.8. The molecule has 0 radical (unpaired) electrons. The smallest absolute Gasteiger partial charge is 0.257 e. The maximum atomic E-state index is 13.8. The molecule has 0 spiro atoms. The van der Waals surface area contributed by atoms with Crippen LogP contribution in [0, 0.1) is 5.82 Å². The van der Waals surface area contributed by atoms with Crippen LogP contribution < -0.4 is 14.8 Å². The summed E-state index contributed by atoms with van der Waals surface area (Å²) in [5, 5.41) is 7.16. The molecule has 0 fully saturated rings. The van der Waals surface area contributed by atoms with Crippen LogP contribution in [0.5, 0.6) is 5.75 Å². The predicted molar refractivity (Wildman–Crippen MR) is 96.3 cm³/mol. The lowest BCUT2D eigenvalue weighted by Gasteiger charge is -2.21. The lowest BCUT2D eigenvalue weighted by atomic mass is 10.1. The SMILES string of the molecule is C[C@H]1Nc2ccn3ncc(c3n2)S(=O)N[C@@H](C(F)F)COc2ccc(F)cc21. The van der Waals surface area contributed by atoms with Crippen LogP contribution in [0.2, 0.25) is 0 Å². The molecular formula is C17H16F3N5O2S. The summed E-state index contributed by atoms with van der Waals surface area (Å²) in [6.07, 6.45) is 0.0794. The minimum Gasteiger partial charge on any atom is -0.491 e. The molecule has 2 bridgehead atoms. The first-order valence-corrected chi connectivity index (χ1v) is 9.56. The molecule has 2 N–H and O–H groups in total. The molecule has 1 unspecified atom stereocenters. The second kappa shape index (κ2) is 7.40. The third-order valence-electron chi connectivity index (χ3n) is 4.32. The highest BCUT2D eigenvalue weighted by Crippen LogP contribution is 2.29. The first kappa shape index (κ1) is 18.7. The Balaban J connectivity index is 1.83. The number of rotatable bonds is 1. The zero-order valence-electron chi connectivity index (χ0n) is 14.6. The van der Waals surface area contributed by atoms with E-state index >= 15 is 0 Å². The van der Waals surface area contributed by atoms with Gasteiger partial charge in [-0.3, -0.25) is 0 Å². The molecule has 1 aliphatic heterocycles. The number of benzene rings is 1. The van der Waals surface area contributed by atoms with Crippen molar-refractivity contribution in [1.82, 2.24) is 19.3 Å². The van der Waals surface area contributed by atoms with Crippen LogP contribution in [-0.2, 0) is 11.0 Å². The standard InChI is InChI=1S/C17H16F3N5O2S/c1-9-11-6-10(18)2-3-13(11)27-8-12(16(19)20)24-28(26)14-7-21-25-5-4-15(22-9)23-17(14)25/h2-7,9,12,16,24H,8H2,1H3,(H,22,23)/t9-,12-,28?/m1/s1. The molecule has 148 valence electrons. The highest BCUT2D eigenvalue weighted by Gasteiger charge is 2.27. The molecule has 7 nitrogen and oxygen atoms in total. The van der Waals surface area contributed by atoms with Gasteiger partial charge < -0.3 is 10.1 Å². The number of hydrogen-bond donors (Lipinski definition) is 2. The summed E-state index contributed by atoms with van der Waals surface area (Å²) in [5.74, 6) is 0.202. The van der Waals surface area contributed by atoms with Gasteiger partial charge in [0.2, 0.25) is 0 Å². The Kier molecular flexibility index (Phi) is 4.94. The van der Waals surface area contributed by atoms with Crippen LogP contribution in [-0.4, -0.2) is 37.9 Å². The monoisotopic (exact) mass is 411 g/mol. The summed E-state index contributed by atoms with van der Waals surface area (Å²) in [5.41, 5.74) is 0.708. The van der Waals surface area contributed by atoms with E-state index in [-0.39, 0.29) is 16.3 Å². The fourth-order valence-corrected chi connectivity index (χ4v) is 3.91. The molecule has 1 aromatic carbocycles. The van der Waals surface area contributed by atoms with Crippen LogP contribution in [0.4, 0.5) is 19.0 Å². The summed E-state index contributed by atoms with van der Waals surface area (Å²) < 4.78 is 62.6. The van der Waals surface area contributed by atoms with Crippen molar-refractivity contribution in [2.24, 2.45) is 0 Å². The number of nitrogens with zero attached hydrogens (tertiary/aromatic N) is 3. The van der Waals surface area contributed by atoms with E-state index in [0.717, 1.165) is 0 Å². The number of aromatic nitrogens is 3. The Morgan fingerprint density at radius 1 is 1.36 bits per heavy atom. The summed E-state index contributed by atoms with van der Waals surface area (Å²) >= 11 is 0. The molecule has 3 aromatic rings. The molecule has 28 heavy (non-hydrogen) atoms. The molecule has 0 saturated carbocycles. The molecule has 0 saturated heterocycles. The first-order valence-electron chi connectivity index (χ1n) is 8.41.